The van der Waals surface area contributed by atoms with Crippen LogP contribution in [-0.2, 0) is 4.79 Å². The molecule has 2 heterocycles. The zero-order valence-electron chi connectivity index (χ0n) is 10.0. The van der Waals surface area contributed by atoms with Crippen molar-refractivity contribution in [2.45, 2.75) is 26.2 Å². The van der Waals surface area contributed by atoms with Crippen molar-refractivity contribution in [3.05, 3.63) is 11.6 Å². The number of carboxylic acids is 1. The molecule has 1 aromatic heterocycles. The summed E-state index contributed by atoms with van der Waals surface area (Å²) in [4.78, 5) is 17.4. The molecule has 2 unspecified atom stereocenters. The summed E-state index contributed by atoms with van der Waals surface area (Å²) in [7, 11) is 0. The number of carboxylic acid groups (broad SMARTS) is 1. The number of aromatic nitrogens is 1. The van der Waals surface area contributed by atoms with Gasteiger partial charge in [0.25, 0.3) is 0 Å². The van der Waals surface area contributed by atoms with E-state index in [0.29, 0.717) is 5.92 Å². The highest BCUT2D eigenvalue weighted by molar-refractivity contribution is 7.13. The number of hydrogen-bond donors (Lipinski definition) is 1. The maximum Gasteiger partial charge on any atom is 0.303 e. The minimum Gasteiger partial charge on any atom is -0.481 e. The smallest absolute Gasteiger partial charge is 0.303 e. The minimum absolute atomic E-state index is 0.246. The van der Waals surface area contributed by atoms with E-state index in [4.69, 9.17) is 5.11 Å². The first kappa shape index (κ1) is 12.4. The van der Waals surface area contributed by atoms with Gasteiger partial charge in [-0.3, -0.25) is 4.79 Å². The molecule has 0 saturated carbocycles. The fourth-order valence-corrected chi connectivity index (χ4v) is 3.14. The van der Waals surface area contributed by atoms with Crippen molar-refractivity contribution in [1.29, 1.82) is 0 Å². The first-order valence-electron chi connectivity index (χ1n) is 6.03. The van der Waals surface area contributed by atoms with E-state index in [-0.39, 0.29) is 12.3 Å². The molecule has 2 rings (SSSR count). The molecule has 1 aliphatic rings. The molecule has 94 valence electrons. The van der Waals surface area contributed by atoms with E-state index in [2.05, 4.69) is 9.88 Å². The van der Waals surface area contributed by atoms with E-state index in [1.54, 1.807) is 11.3 Å². The molecule has 5 heteroatoms. The largest absolute Gasteiger partial charge is 0.481 e. The first-order chi connectivity index (χ1) is 8.16. The lowest BCUT2D eigenvalue weighted by molar-refractivity contribution is -0.138. The van der Waals surface area contributed by atoms with Crippen molar-refractivity contribution < 1.29 is 9.90 Å². The number of carbonyl (C=O) groups is 1. The van der Waals surface area contributed by atoms with Crippen LogP contribution in [0.4, 0.5) is 5.13 Å². The van der Waals surface area contributed by atoms with E-state index in [1.807, 2.05) is 18.5 Å². The summed E-state index contributed by atoms with van der Waals surface area (Å²) < 4.78 is 0. The van der Waals surface area contributed by atoms with Gasteiger partial charge in [0.15, 0.2) is 5.13 Å². The summed E-state index contributed by atoms with van der Waals surface area (Å²) in [6, 6.07) is 0. The SMILES string of the molecule is CC(CC(=O)O)C1CCCN(c2nccs2)C1. The second-order valence-electron chi connectivity index (χ2n) is 4.74. The molecule has 1 aromatic rings. The highest BCUT2D eigenvalue weighted by Crippen LogP contribution is 2.29. The van der Waals surface area contributed by atoms with Crippen LogP contribution >= 0.6 is 11.3 Å². The summed E-state index contributed by atoms with van der Waals surface area (Å²) >= 11 is 1.66. The van der Waals surface area contributed by atoms with Crippen molar-refractivity contribution in [3.63, 3.8) is 0 Å². The molecule has 0 amide bonds. The molecule has 1 N–H and O–H groups in total. The van der Waals surface area contributed by atoms with Crippen LogP contribution in [0.3, 0.4) is 0 Å². The maximum atomic E-state index is 10.7. The summed E-state index contributed by atoms with van der Waals surface area (Å²) in [6.07, 6.45) is 4.37. The van der Waals surface area contributed by atoms with E-state index in [9.17, 15) is 4.79 Å². The Labute approximate surface area is 105 Å². The Morgan fingerprint density at radius 1 is 1.76 bits per heavy atom. The van der Waals surface area contributed by atoms with E-state index in [1.165, 1.54) is 0 Å². The van der Waals surface area contributed by atoms with Gasteiger partial charge in [-0.05, 0) is 24.7 Å². The average Bonchev–Trinajstić information content (AvgIpc) is 2.82. The number of aliphatic carboxylic acids is 1. The van der Waals surface area contributed by atoms with Crippen LogP contribution in [0.2, 0.25) is 0 Å². The maximum absolute atomic E-state index is 10.7. The lowest BCUT2D eigenvalue weighted by Crippen LogP contribution is -2.38. The van der Waals surface area contributed by atoms with Gasteiger partial charge < -0.3 is 10.0 Å². The summed E-state index contributed by atoms with van der Waals surface area (Å²) in [5.74, 6) is 0.0304. The highest BCUT2D eigenvalue weighted by Gasteiger charge is 2.26. The Morgan fingerprint density at radius 2 is 2.59 bits per heavy atom. The number of anilines is 1. The van der Waals surface area contributed by atoms with Crippen LogP contribution in [0.25, 0.3) is 0 Å². The van der Waals surface area contributed by atoms with Gasteiger partial charge in [0.05, 0.1) is 0 Å². The predicted octanol–water partition coefficient (Wildman–Crippen LogP) is 2.47. The zero-order valence-corrected chi connectivity index (χ0v) is 10.8. The van der Waals surface area contributed by atoms with Crippen LogP contribution in [0.15, 0.2) is 11.6 Å². The molecule has 0 spiro atoms. The Kier molecular flexibility index (Phi) is 3.99. The van der Waals surface area contributed by atoms with Gasteiger partial charge >= 0.3 is 5.97 Å². The second-order valence-corrected chi connectivity index (χ2v) is 5.61. The minimum atomic E-state index is -0.691. The normalized spacial score (nSPS) is 22.4. The highest BCUT2D eigenvalue weighted by atomic mass is 32.1. The molecule has 0 bridgehead atoms. The third kappa shape index (κ3) is 3.19. The molecule has 1 aliphatic heterocycles. The Morgan fingerprint density at radius 3 is 3.24 bits per heavy atom. The average molecular weight is 254 g/mol. The van der Waals surface area contributed by atoms with Crippen LogP contribution in [0.5, 0.6) is 0 Å². The zero-order chi connectivity index (χ0) is 12.3. The molecule has 0 radical (unpaired) electrons. The summed E-state index contributed by atoms with van der Waals surface area (Å²) in [5.41, 5.74) is 0. The van der Waals surface area contributed by atoms with Crippen molar-refractivity contribution >= 4 is 22.4 Å². The molecule has 0 aliphatic carbocycles. The predicted molar refractivity (Wildman–Crippen MR) is 68.5 cm³/mol. The van der Waals surface area contributed by atoms with Gasteiger partial charge in [-0.2, -0.15) is 0 Å². The summed E-state index contributed by atoms with van der Waals surface area (Å²) in [5, 5.41) is 11.9. The molecule has 2 atom stereocenters. The van der Waals surface area contributed by atoms with Gasteiger partial charge in [0.1, 0.15) is 0 Å². The van der Waals surface area contributed by atoms with Crippen molar-refractivity contribution in [1.82, 2.24) is 4.98 Å². The van der Waals surface area contributed by atoms with Crippen LogP contribution in [0.1, 0.15) is 26.2 Å². The number of piperidine rings is 1. The Hall–Kier alpha value is -1.10. The Bertz CT molecular complexity index is 367. The van der Waals surface area contributed by atoms with Crippen LogP contribution in [0, 0.1) is 11.8 Å². The first-order valence-corrected chi connectivity index (χ1v) is 6.91. The number of hydrogen-bond acceptors (Lipinski definition) is 4. The molecule has 0 aromatic carbocycles. The third-order valence-electron chi connectivity index (χ3n) is 3.45. The van der Waals surface area contributed by atoms with E-state index >= 15 is 0 Å². The fraction of sp³-hybridized carbons (Fsp3) is 0.667. The van der Waals surface area contributed by atoms with Crippen molar-refractivity contribution in [3.8, 4) is 0 Å². The van der Waals surface area contributed by atoms with Crippen molar-refractivity contribution in [2.75, 3.05) is 18.0 Å². The van der Waals surface area contributed by atoms with Gasteiger partial charge in [0.2, 0.25) is 0 Å². The molecular weight excluding hydrogens is 236 g/mol. The quantitative estimate of drug-likeness (QED) is 0.896. The number of thiazole rings is 1. The van der Waals surface area contributed by atoms with E-state index < -0.39 is 5.97 Å². The summed E-state index contributed by atoms with van der Waals surface area (Å²) in [6.45, 7) is 4.04. The van der Waals surface area contributed by atoms with Gasteiger partial charge in [-0.15, -0.1) is 11.3 Å². The van der Waals surface area contributed by atoms with Gasteiger partial charge in [-0.25, -0.2) is 4.98 Å². The van der Waals surface area contributed by atoms with Crippen LogP contribution in [-0.4, -0.2) is 29.1 Å². The monoisotopic (exact) mass is 254 g/mol. The van der Waals surface area contributed by atoms with E-state index in [0.717, 1.165) is 31.1 Å². The Balaban J connectivity index is 1.95. The molecule has 1 fully saturated rings. The number of rotatable bonds is 4. The molecular formula is C12H18N2O2S. The lowest BCUT2D eigenvalue weighted by Gasteiger charge is -2.35. The van der Waals surface area contributed by atoms with Crippen LogP contribution < -0.4 is 4.90 Å². The lowest BCUT2D eigenvalue weighted by atomic mass is 9.85. The van der Waals surface area contributed by atoms with Gasteiger partial charge in [-0.1, -0.05) is 6.92 Å². The second kappa shape index (κ2) is 5.49. The third-order valence-corrected chi connectivity index (χ3v) is 4.28. The standard InChI is InChI=1S/C12H18N2O2S/c1-9(7-11(15)16)10-3-2-5-14(8-10)12-13-4-6-17-12/h4,6,9-10H,2-3,5,7-8H2,1H3,(H,15,16). The van der Waals surface area contributed by atoms with Crippen molar-refractivity contribution in [2.24, 2.45) is 11.8 Å². The van der Waals surface area contributed by atoms with Gasteiger partial charge in [0, 0.05) is 31.1 Å². The number of nitrogens with zero attached hydrogens (tertiary/aromatic N) is 2. The topological polar surface area (TPSA) is 53.4 Å². The molecule has 4 nitrogen and oxygen atoms in total. The fourth-order valence-electron chi connectivity index (χ4n) is 2.46. The molecule has 17 heavy (non-hydrogen) atoms. The molecule has 1 saturated heterocycles.